The Kier molecular flexibility index (Phi) is 11.0. The molecule has 0 bridgehead atoms. The Hall–Kier alpha value is 0.926. The first-order chi connectivity index (χ1) is 6.34. The molecule has 1 unspecified atom stereocenters. The van der Waals surface area contributed by atoms with Gasteiger partial charge in [-0.2, -0.15) is 0 Å². The average molecular weight is 253 g/mol. The molecule has 0 aliphatic rings. The molecule has 0 spiro atoms. The molecule has 3 nitrogen and oxygen atoms in total. The van der Waals surface area contributed by atoms with Gasteiger partial charge in [0.2, 0.25) is 0 Å². The van der Waals surface area contributed by atoms with Crippen molar-refractivity contribution in [2.24, 2.45) is 5.14 Å². The van der Waals surface area contributed by atoms with Crippen LogP contribution in [0.3, 0.4) is 0 Å². The van der Waals surface area contributed by atoms with E-state index in [1.165, 1.54) is 5.56 Å². The van der Waals surface area contributed by atoms with E-state index in [4.69, 9.17) is 8.76 Å². The van der Waals surface area contributed by atoms with Crippen LogP contribution in [0.5, 0.6) is 0 Å². The van der Waals surface area contributed by atoms with E-state index >= 15 is 0 Å². The summed E-state index contributed by atoms with van der Waals surface area (Å²) < 4.78 is 17.6. The van der Waals surface area contributed by atoms with Crippen molar-refractivity contribution in [3.05, 3.63) is 35.9 Å². The maximum Gasteiger partial charge on any atom is 1.00 e. The Morgan fingerprint density at radius 3 is 1.73 bits per heavy atom. The van der Waals surface area contributed by atoms with Gasteiger partial charge in [-0.05, 0) is 11.0 Å². The van der Waals surface area contributed by atoms with Crippen LogP contribution in [0.1, 0.15) is 26.3 Å². The van der Waals surface area contributed by atoms with E-state index in [0.29, 0.717) is 5.41 Å². The van der Waals surface area contributed by atoms with E-state index in [9.17, 15) is 0 Å². The maximum atomic E-state index is 8.78. The molecule has 80 valence electrons. The standard InChI is InChI=1S/C10H14.K.H3NO2S/c1-10(2,3)9-7-5-4-6-8-9;;1-4(2)3/h4-8H,1-3H3;;1H2,(H,2,3)/q;+1;/p-1. The van der Waals surface area contributed by atoms with Crippen LogP contribution >= 0.6 is 0 Å². The SMILES string of the molecule is CC(C)(C)c1ccccc1.NS(=O)[O-].[K+]. The van der Waals surface area contributed by atoms with Gasteiger partial charge in [-0.1, -0.05) is 51.1 Å². The predicted octanol–water partition coefficient (Wildman–Crippen LogP) is -1.27. The van der Waals surface area contributed by atoms with E-state index in [1.807, 2.05) is 0 Å². The fourth-order valence-electron chi connectivity index (χ4n) is 0.938. The summed E-state index contributed by atoms with van der Waals surface area (Å²) in [6.45, 7) is 6.67. The molecule has 0 radical (unpaired) electrons. The van der Waals surface area contributed by atoms with Crippen molar-refractivity contribution < 1.29 is 60.1 Å². The number of benzene rings is 1. The molecule has 0 saturated heterocycles. The van der Waals surface area contributed by atoms with E-state index in [-0.39, 0.29) is 51.4 Å². The van der Waals surface area contributed by atoms with Crippen molar-refractivity contribution in [2.75, 3.05) is 0 Å². The van der Waals surface area contributed by atoms with Gasteiger partial charge in [0.05, 0.1) is 0 Å². The van der Waals surface area contributed by atoms with E-state index in [1.54, 1.807) is 0 Å². The molecule has 0 aromatic heterocycles. The first-order valence-corrected chi connectivity index (χ1v) is 5.37. The Balaban J connectivity index is 0. The minimum atomic E-state index is -2.36. The number of nitrogens with two attached hydrogens (primary N) is 1. The largest absolute Gasteiger partial charge is 1.00 e. The van der Waals surface area contributed by atoms with Gasteiger partial charge in [0, 0.05) is 11.3 Å². The molecule has 1 aromatic rings. The zero-order chi connectivity index (χ0) is 11.2. The Morgan fingerprint density at radius 2 is 1.53 bits per heavy atom. The normalized spacial score (nSPS) is 11.8. The second-order valence-electron chi connectivity index (χ2n) is 3.88. The van der Waals surface area contributed by atoms with Crippen LogP contribution in [-0.4, -0.2) is 8.76 Å². The molecule has 0 fully saturated rings. The first kappa shape index (κ1) is 18.3. The second-order valence-corrected chi connectivity index (χ2v) is 4.40. The molecule has 2 N–H and O–H groups in total. The van der Waals surface area contributed by atoms with Gasteiger partial charge in [-0.3, -0.25) is 9.35 Å². The van der Waals surface area contributed by atoms with E-state index < -0.39 is 11.3 Å². The predicted molar refractivity (Wildman–Crippen MR) is 58.2 cm³/mol. The van der Waals surface area contributed by atoms with Gasteiger partial charge in [-0.15, -0.1) is 0 Å². The van der Waals surface area contributed by atoms with Gasteiger partial charge in [0.15, 0.2) is 0 Å². The fraction of sp³-hybridized carbons (Fsp3) is 0.400. The van der Waals surface area contributed by atoms with Crippen molar-refractivity contribution in [1.29, 1.82) is 0 Å². The van der Waals surface area contributed by atoms with Gasteiger partial charge in [0.25, 0.3) is 0 Å². The van der Waals surface area contributed by atoms with Crippen LogP contribution in [0.25, 0.3) is 0 Å². The summed E-state index contributed by atoms with van der Waals surface area (Å²) in [4.78, 5) is 0. The van der Waals surface area contributed by atoms with E-state index in [0.717, 1.165) is 0 Å². The zero-order valence-electron chi connectivity index (χ0n) is 9.69. The number of hydrogen-bond donors (Lipinski definition) is 1. The number of hydrogen-bond acceptors (Lipinski definition) is 2. The van der Waals surface area contributed by atoms with Gasteiger partial charge >= 0.3 is 51.4 Å². The average Bonchev–Trinajstić information content (AvgIpc) is 2.03. The third-order valence-corrected chi connectivity index (χ3v) is 1.64. The van der Waals surface area contributed by atoms with Crippen molar-refractivity contribution in [3.63, 3.8) is 0 Å². The van der Waals surface area contributed by atoms with Crippen LogP contribution in [0, 0.1) is 0 Å². The van der Waals surface area contributed by atoms with Crippen molar-refractivity contribution in [1.82, 2.24) is 0 Å². The molecule has 5 heteroatoms. The third-order valence-electron chi connectivity index (χ3n) is 1.64. The van der Waals surface area contributed by atoms with Crippen LogP contribution in [0.4, 0.5) is 0 Å². The summed E-state index contributed by atoms with van der Waals surface area (Å²) >= 11 is -2.36. The summed E-state index contributed by atoms with van der Waals surface area (Å²) in [5.41, 5.74) is 1.69. The van der Waals surface area contributed by atoms with Crippen molar-refractivity contribution in [3.8, 4) is 0 Å². The minimum absolute atomic E-state index is 0. The summed E-state index contributed by atoms with van der Waals surface area (Å²) in [5.74, 6) is 0. The zero-order valence-corrected chi connectivity index (χ0v) is 13.6. The quantitative estimate of drug-likeness (QED) is 0.463. The molecule has 1 atom stereocenters. The second kappa shape index (κ2) is 9.01. The Morgan fingerprint density at radius 1 is 1.20 bits per heavy atom. The molecule has 0 amide bonds. The summed E-state index contributed by atoms with van der Waals surface area (Å²) in [7, 11) is 0. The maximum absolute atomic E-state index is 8.78. The summed E-state index contributed by atoms with van der Waals surface area (Å²) in [6, 6.07) is 10.6. The van der Waals surface area contributed by atoms with Gasteiger partial charge in [-0.25, -0.2) is 0 Å². The summed E-state index contributed by atoms with van der Waals surface area (Å²) in [6.07, 6.45) is 0. The molecular weight excluding hydrogens is 237 g/mol. The molecule has 0 aliphatic carbocycles. The van der Waals surface area contributed by atoms with Crippen molar-refractivity contribution >= 4 is 11.3 Å². The molecule has 0 heterocycles. The van der Waals surface area contributed by atoms with Crippen LogP contribution in [0.2, 0.25) is 0 Å². The van der Waals surface area contributed by atoms with E-state index in [2.05, 4.69) is 56.2 Å². The molecule has 1 aromatic carbocycles. The molecule has 0 saturated carbocycles. The molecular formula is C10H16KNO2S. The Bertz CT molecular complexity index is 281. The van der Waals surface area contributed by atoms with Crippen LogP contribution < -0.4 is 56.5 Å². The summed E-state index contributed by atoms with van der Waals surface area (Å²) in [5, 5.41) is 4.03. The molecule has 1 rings (SSSR count). The topological polar surface area (TPSA) is 66.2 Å². The van der Waals surface area contributed by atoms with Crippen LogP contribution in [0.15, 0.2) is 30.3 Å². The van der Waals surface area contributed by atoms with Crippen LogP contribution in [-0.2, 0) is 16.7 Å². The molecule has 0 aliphatic heterocycles. The minimum Gasteiger partial charge on any atom is -0.760 e. The molecule has 15 heavy (non-hydrogen) atoms. The smallest absolute Gasteiger partial charge is 0.760 e. The third kappa shape index (κ3) is 11.2. The monoisotopic (exact) mass is 253 g/mol. The van der Waals surface area contributed by atoms with Gasteiger partial charge in [0.1, 0.15) is 0 Å². The first-order valence-electron chi connectivity index (χ1n) is 4.23. The van der Waals surface area contributed by atoms with Crippen molar-refractivity contribution in [2.45, 2.75) is 26.2 Å². The number of rotatable bonds is 0. The fourth-order valence-corrected chi connectivity index (χ4v) is 0.938. The Labute approximate surface area is 137 Å². The van der Waals surface area contributed by atoms with Gasteiger partial charge < -0.3 is 4.55 Å².